The van der Waals surface area contributed by atoms with Crippen LogP contribution in [0.1, 0.15) is 20.7 Å². The predicted octanol–water partition coefficient (Wildman–Crippen LogP) is 3.08. The second-order valence-corrected chi connectivity index (χ2v) is 7.35. The van der Waals surface area contributed by atoms with Gasteiger partial charge in [-0.15, -0.1) is 0 Å². The Morgan fingerprint density at radius 1 is 0.838 bits per heavy atom. The van der Waals surface area contributed by atoms with Crippen molar-refractivity contribution < 1.29 is 43.4 Å². The van der Waals surface area contributed by atoms with Crippen molar-refractivity contribution in [1.82, 2.24) is 0 Å². The van der Waals surface area contributed by atoms with Crippen LogP contribution in [0.25, 0.3) is 0 Å². The number of nitrogens with zero attached hydrogens (tertiary/aromatic N) is 1. The highest BCUT2D eigenvalue weighted by atomic mass is 16.6. The van der Waals surface area contributed by atoms with Gasteiger partial charge < -0.3 is 24.6 Å². The van der Waals surface area contributed by atoms with Crippen molar-refractivity contribution in [3.8, 4) is 5.75 Å². The monoisotopic (exact) mass is 508 g/mol. The number of ether oxygens (including phenoxy) is 3. The number of benzene rings is 3. The first-order chi connectivity index (χ1) is 17.7. The molecule has 2 N–H and O–H groups in total. The van der Waals surface area contributed by atoms with Gasteiger partial charge in [0.15, 0.2) is 0 Å². The summed E-state index contributed by atoms with van der Waals surface area (Å²) in [4.78, 5) is 61.0. The third kappa shape index (κ3) is 6.66. The lowest BCUT2D eigenvalue weighted by atomic mass is 10.1. The Bertz CT molecular complexity index is 1310. The lowest BCUT2D eigenvalue weighted by molar-refractivity contribution is -0.384. The third-order valence-electron chi connectivity index (χ3n) is 4.92. The highest BCUT2D eigenvalue weighted by molar-refractivity contribution is 6.02. The maximum Gasteiger partial charge on any atom is 0.349 e. The van der Waals surface area contributed by atoms with Crippen LogP contribution in [0.3, 0.4) is 0 Å². The van der Waals surface area contributed by atoms with E-state index in [0.29, 0.717) is 0 Å². The molecule has 2 atom stereocenters. The number of amides is 1. The summed E-state index contributed by atoms with van der Waals surface area (Å²) < 4.78 is 15.4. The summed E-state index contributed by atoms with van der Waals surface area (Å²) in [5, 5.41) is 23.2. The van der Waals surface area contributed by atoms with Crippen LogP contribution in [0.5, 0.6) is 5.75 Å². The summed E-state index contributed by atoms with van der Waals surface area (Å²) in [6, 6.07) is 18.1. The van der Waals surface area contributed by atoms with Crippen LogP contribution in [0, 0.1) is 10.1 Å². The molecule has 0 unspecified atom stereocenters. The zero-order valence-corrected chi connectivity index (χ0v) is 19.2. The summed E-state index contributed by atoms with van der Waals surface area (Å²) in [5.74, 6) is -5.18. The van der Waals surface area contributed by atoms with Crippen LogP contribution in [0.4, 0.5) is 11.4 Å². The summed E-state index contributed by atoms with van der Waals surface area (Å²) in [6.07, 6.45) is -4.47. The second-order valence-electron chi connectivity index (χ2n) is 7.35. The molecule has 0 aromatic heterocycles. The number of rotatable bonds is 10. The highest BCUT2D eigenvalue weighted by Gasteiger charge is 2.41. The number of hydrogen-bond acceptors (Lipinski definition) is 9. The molecule has 3 aromatic rings. The molecular formula is C25H20N2O10. The van der Waals surface area contributed by atoms with Crippen LogP contribution in [-0.4, -0.2) is 53.2 Å². The minimum atomic E-state index is -2.27. The number of nitrogens with one attached hydrogen (secondary N) is 1. The number of anilines is 1. The highest BCUT2D eigenvalue weighted by Crippen LogP contribution is 2.29. The quantitative estimate of drug-likeness (QED) is 0.235. The van der Waals surface area contributed by atoms with Crippen molar-refractivity contribution in [2.45, 2.75) is 12.2 Å². The molecule has 0 radical (unpaired) electrons. The van der Waals surface area contributed by atoms with Gasteiger partial charge in [0, 0.05) is 12.1 Å². The van der Waals surface area contributed by atoms with Crippen molar-refractivity contribution in [2.75, 3.05) is 12.4 Å². The molecule has 1 amide bonds. The van der Waals surface area contributed by atoms with E-state index in [1.807, 2.05) is 0 Å². The molecule has 0 spiro atoms. The van der Waals surface area contributed by atoms with E-state index in [0.717, 1.165) is 12.1 Å². The number of carbonyl (C=O) groups excluding carboxylic acids is 3. The fourth-order valence-electron chi connectivity index (χ4n) is 3.12. The molecule has 0 saturated carbocycles. The zero-order valence-electron chi connectivity index (χ0n) is 19.2. The number of carbonyl (C=O) groups is 4. The van der Waals surface area contributed by atoms with E-state index in [4.69, 9.17) is 14.2 Å². The van der Waals surface area contributed by atoms with Gasteiger partial charge in [-0.25, -0.2) is 14.4 Å². The van der Waals surface area contributed by atoms with Crippen molar-refractivity contribution >= 4 is 35.2 Å². The smallest absolute Gasteiger partial charge is 0.349 e. The Hall–Kier alpha value is -5.26. The standard InChI is InChI=1S/C25H20N2O10/c1-35-19-13-12-17(27(33)34)14-18(19)26-22(28)20(36-24(31)15-8-4-2-5-9-15)21(23(29)30)37-25(32)16-10-6-3-7-11-16/h2-14,20-21H,1H3,(H,26,28)(H,29,30)/t20-,21-/m0/s1. The Labute approximate surface area is 209 Å². The number of non-ortho nitro benzene ring substituents is 1. The van der Waals surface area contributed by atoms with E-state index in [2.05, 4.69) is 5.32 Å². The Morgan fingerprint density at radius 2 is 1.35 bits per heavy atom. The first kappa shape index (κ1) is 26.3. The molecule has 0 aliphatic rings. The summed E-state index contributed by atoms with van der Waals surface area (Å²) in [6.45, 7) is 0. The summed E-state index contributed by atoms with van der Waals surface area (Å²) >= 11 is 0. The molecule has 12 nitrogen and oxygen atoms in total. The van der Waals surface area contributed by atoms with Gasteiger partial charge in [-0.2, -0.15) is 0 Å². The van der Waals surface area contributed by atoms with Crippen LogP contribution in [0.2, 0.25) is 0 Å². The molecule has 3 aromatic carbocycles. The first-order valence-electron chi connectivity index (χ1n) is 10.6. The van der Waals surface area contributed by atoms with Gasteiger partial charge in [0.1, 0.15) is 5.75 Å². The summed E-state index contributed by atoms with van der Waals surface area (Å²) in [5.41, 5.74) is -0.630. The molecule has 0 heterocycles. The van der Waals surface area contributed by atoms with Gasteiger partial charge in [0.05, 0.1) is 28.8 Å². The number of esters is 2. The van der Waals surface area contributed by atoms with Gasteiger partial charge in [-0.1, -0.05) is 36.4 Å². The van der Waals surface area contributed by atoms with Gasteiger partial charge >= 0.3 is 17.9 Å². The van der Waals surface area contributed by atoms with E-state index in [-0.39, 0.29) is 22.6 Å². The number of carboxylic acids is 1. The molecule has 3 rings (SSSR count). The zero-order chi connectivity index (χ0) is 26.9. The van der Waals surface area contributed by atoms with E-state index in [1.165, 1.54) is 61.7 Å². The molecule has 190 valence electrons. The number of aliphatic carboxylic acids is 1. The van der Waals surface area contributed by atoms with Gasteiger partial charge in [-0.3, -0.25) is 14.9 Å². The average molecular weight is 508 g/mol. The van der Waals surface area contributed by atoms with E-state index >= 15 is 0 Å². The molecule has 0 bridgehead atoms. The fraction of sp³-hybridized carbons (Fsp3) is 0.120. The summed E-state index contributed by atoms with van der Waals surface area (Å²) in [7, 11) is 1.24. The number of nitro benzene ring substituents is 1. The minimum Gasteiger partial charge on any atom is -0.495 e. The number of methoxy groups -OCH3 is 1. The van der Waals surface area contributed by atoms with Crippen LogP contribution < -0.4 is 10.1 Å². The van der Waals surface area contributed by atoms with Crippen LogP contribution in [0.15, 0.2) is 78.9 Å². The lowest BCUT2D eigenvalue weighted by Crippen LogP contribution is -2.48. The van der Waals surface area contributed by atoms with Crippen LogP contribution in [-0.2, 0) is 19.1 Å². The Balaban J connectivity index is 1.97. The average Bonchev–Trinajstić information content (AvgIpc) is 2.91. The predicted molar refractivity (Wildman–Crippen MR) is 127 cm³/mol. The van der Waals surface area contributed by atoms with Crippen molar-refractivity contribution in [3.05, 3.63) is 100 Å². The molecule has 37 heavy (non-hydrogen) atoms. The maximum atomic E-state index is 13.2. The SMILES string of the molecule is COc1ccc([N+](=O)[O-])cc1NC(=O)[C@@H](OC(=O)c1ccccc1)[C@H](OC(=O)c1ccccc1)C(=O)O. The molecule has 12 heteroatoms. The largest absolute Gasteiger partial charge is 0.495 e. The molecule has 0 aliphatic heterocycles. The third-order valence-corrected chi connectivity index (χ3v) is 4.92. The number of hydrogen-bond donors (Lipinski definition) is 2. The first-order valence-corrected chi connectivity index (χ1v) is 10.6. The van der Waals surface area contributed by atoms with E-state index in [9.17, 15) is 34.4 Å². The number of nitro groups is 1. The molecule has 0 aliphatic carbocycles. The van der Waals surface area contributed by atoms with Gasteiger partial charge in [0.2, 0.25) is 12.2 Å². The molecular weight excluding hydrogens is 488 g/mol. The van der Waals surface area contributed by atoms with Crippen molar-refractivity contribution in [1.29, 1.82) is 0 Å². The fourth-order valence-corrected chi connectivity index (χ4v) is 3.12. The van der Waals surface area contributed by atoms with Gasteiger partial charge in [0.25, 0.3) is 11.6 Å². The second kappa shape index (κ2) is 11.9. The maximum absolute atomic E-state index is 13.2. The van der Waals surface area contributed by atoms with Gasteiger partial charge in [-0.05, 0) is 30.3 Å². The molecule has 0 saturated heterocycles. The lowest BCUT2D eigenvalue weighted by Gasteiger charge is -2.24. The normalized spacial score (nSPS) is 11.9. The Kier molecular flexibility index (Phi) is 8.49. The van der Waals surface area contributed by atoms with Crippen molar-refractivity contribution in [3.63, 3.8) is 0 Å². The number of carboxylic acid groups (broad SMARTS) is 1. The van der Waals surface area contributed by atoms with Crippen molar-refractivity contribution in [2.24, 2.45) is 0 Å². The molecule has 0 fully saturated rings. The topological polar surface area (TPSA) is 171 Å². The minimum absolute atomic E-state index is 0.000223. The van der Waals surface area contributed by atoms with Crippen LogP contribution >= 0.6 is 0 Å². The van der Waals surface area contributed by atoms with E-state index < -0.39 is 46.6 Å². The van der Waals surface area contributed by atoms with E-state index in [1.54, 1.807) is 12.1 Å². The Morgan fingerprint density at radius 3 is 1.81 bits per heavy atom.